The molecule has 15 heavy (non-hydrogen) atoms. The lowest BCUT2D eigenvalue weighted by atomic mass is 9.91. The highest BCUT2D eigenvalue weighted by molar-refractivity contribution is 5.68. The van der Waals surface area contributed by atoms with Crippen molar-refractivity contribution in [2.75, 3.05) is 11.5 Å². The molecule has 0 aromatic heterocycles. The predicted molar refractivity (Wildman–Crippen MR) is 59.7 cm³/mol. The lowest BCUT2D eigenvalue weighted by Gasteiger charge is -2.37. The number of hydrogen-bond donors (Lipinski definition) is 3. The molecule has 0 fully saturated rings. The largest absolute Gasteiger partial charge is 0.485 e. The van der Waals surface area contributed by atoms with E-state index in [2.05, 4.69) is 0 Å². The fraction of sp³-hybridized carbons (Fsp3) is 0.455. The van der Waals surface area contributed by atoms with Crippen molar-refractivity contribution in [2.45, 2.75) is 32.0 Å². The van der Waals surface area contributed by atoms with E-state index in [1.807, 2.05) is 13.8 Å². The number of rotatable bonds is 0. The molecular weight excluding hydrogens is 192 g/mol. The Bertz CT molecular complexity index is 402. The van der Waals surface area contributed by atoms with Crippen LogP contribution in [-0.2, 0) is 6.42 Å². The Hall–Kier alpha value is -1.42. The van der Waals surface area contributed by atoms with Crippen molar-refractivity contribution in [3.63, 3.8) is 0 Å². The van der Waals surface area contributed by atoms with Crippen LogP contribution in [-0.4, -0.2) is 16.8 Å². The third-order valence-corrected chi connectivity index (χ3v) is 2.85. The van der Waals surface area contributed by atoms with Crippen molar-refractivity contribution in [2.24, 2.45) is 0 Å². The molecule has 4 nitrogen and oxygen atoms in total. The SMILES string of the molecule is CC1(C)Oc2cc(N)c(N)cc2CC1O. The second kappa shape index (κ2) is 3.03. The van der Waals surface area contributed by atoms with E-state index < -0.39 is 11.7 Å². The Balaban J connectivity index is 2.46. The number of ether oxygens (including phenoxy) is 1. The molecule has 82 valence electrons. The molecule has 1 aromatic rings. The monoisotopic (exact) mass is 208 g/mol. The van der Waals surface area contributed by atoms with Gasteiger partial charge in [-0.1, -0.05) is 0 Å². The highest BCUT2D eigenvalue weighted by Gasteiger charge is 2.35. The first-order chi connectivity index (χ1) is 6.90. The normalized spacial score (nSPS) is 23.0. The minimum absolute atomic E-state index is 0.515. The molecule has 2 rings (SSSR count). The summed E-state index contributed by atoms with van der Waals surface area (Å²) >= 11 is 0. The predicted octanol–water partition coefficient (Wildman–Crippen LogP) is 0.925. The Kier molecular flexibility index (Phi) is 2.04. The van der Waals surface area contributed by atoms with E-state index in [0.717, 1.165) is 11.3 Å². The van der Waals surface area contributed by atoms with Crippen LogP contribution in [0.3, 0.4) is 0 Å². The average Bonchev–Trinajstić information content (AvgIpc) is 2.11. The molecule has 0 bridgehead atoms. The highest BCUT2D eigenvalue weighted by atomic mass is 16.5. The van der Waals surface area contributed by atoms with Crippen LogP contribution >= 0.6 is 0 Å². The van der Waals surface area contributed by atoms with Crippen LogP contribution in [0.4, 0.5) is 11.4 Å². The molecule has 1 heterocycles. The van der Waals surface area contributed by atoms with E-state index in [0.29, 0.717) is 17.8 Å². The van der Waals surface area contributed by atoms with Crippen LogP contribution in [0.5, 0.6) is 5.75 Å². The number of benzene rings is 1. The van der Waals surface area contributed by atoms with Gasteiger partial charge in [-0.05, 0) is 25.5 Å². The maximum absolute atomic E-state index is 9.85. The first-order valence-electron chi connectivity index (χ1n) is 4.95. The zero-order valence-corrected chi connectivity index (χ0v) is 8.95. The second-order valence-electron chi connectivity index (χ2n) is 4.51. The zero-order chi connectivity index (χ0) is 11.2. The maximum Gasteiger partial charge on any atom is 0.129 e. The summed E-state index contributed by atoms with van der Waals surface area (Å²) in [7, 11) is 0. The molecule has 0 amide bonds. The van der Waals surface area contributed by atoms with Crippen molar-refractivity contribution in [1.82, 2.24) is 0 Å². The van der Waals surface area contributed by atoms with Gasteiger partial charge >= 0.3 is 0 Å². The van der Waals surface area contributed by atoms with Crippen molar-refractivity contribution >= 4 is 11.4 Å². The molecule has 1 aliphatic heterocycles. The zero-order valence-electron chi connectivity index (χ0n) is 8.95. The molecular formula is C11H16N2O2. The van der Waals surface area contributed by atoms with Gasteiger partial charge in [-0.2, -0.15) is 0 Å². The lowest BCUT2D eigenvalue weighted by Crippen LogP contribution is -2.46. The van der Waals surface area contributed by atoms with Crippen LogP contribution in [0.2, 0.25) is 0 Å². The van der Waals surface area contributed by atoms with Gasteiger partial charge in [-0.25, -0.2) is 0 Å². The number of aliphatic hydroxyl groups is 1. The molecule has 5 N–H and O–H groups in total. The van der Waals surface area contributed by atoms with Crippen molar-refractivity contribution in [3.8, 4) is 5.75 Å². The number of nitrogen functional groups attached to an aromatic ring is 2. The summed E-state index contributed by atoms with van der Waals surface area (Å²) in [6, 6.07) is 3.49. The quantitative estimate of drug-likeness (QED) is 0.554. The Morgan fingerprint density at radius 1 is 1.33 bits per heavy atom. The number of anilines is 2. The highest BCUT2D eigenvalue weighted by Crippen LogP contribution is 2.36. The van der Waals surface area contributed by atoms with Gasteiger partial charge in [0.1, 0.15) is 11.4 Å². The van der Waals surface area contributed by atoms with Crippen LogP contribution in [0.1, 0.15) is 19.4 Å². The standard InChI is InChI=1S/C11H16N2O2/c1-11(2)10(14)4-6-3-7(12)8(13)5-9(6)15-11/h3,5,10,14H,4,12-13H2,1-2H3. The van der Waals surface area contributed by atoms with E-state index in [1.54, 1.807) is 12.1 Å². The van der Waals surface area contributed by atoms with Crippen LogP contribution in [0.25, 0.3) is 0 Å². The minimum atomic E-state index is -0.574. The Labute approximate surface area is 88.8 Å². The average molecular weight is 208 g/mol. The van der Waals surface area contributed by atoms with Gasteiger partial charge in [0.15, 0.2) is 0 Å². The van der Waals surface area contributed by atoms with Gasteiger partial charge < -0.3 is 21.3 Å². The van der Waals surface area contributed by atoms with Gasteiger partial charge in [-0.15, -0.1) is 0 Å². The Morgan fingerprint density at radius 2 is 1.93 bits per heavy atom. The Morgan fingerprint density at radius 3 is 2.60 bits per heavy atom. The van der Waals surface area contributed by atoms with Gasteiger partial charge in [0.25, 0.3) is 0 Å². The number of hydrogen-bond acceptors (Lipinski definition) is 4. The summed E-state index contributed by atoms with van der Waals surface area (Å²) in [6.45, 7) is 3.71. The summed E-state index contributed by atoms with van der Waals surface area (Å²) < 4.78 is 5.68. The first-order valence-corrected chi connectivity index (χ1v) is 4.95. The van der Waals surface area contributed by atoms with Crippen LogP contribution in [0.15, 0.2) is 12.1 Å². The van der Waals surface area contributed by atoms with Crippen LogP contribution in [0, 0.1) is 0 Å². The molecule has 0 aliphatic carbocycles. The summed E-state index contributed by atoms with van der Waals surface area (Å²) in [5.74, 6) is 0.719. The molecule has 0 saturated heterocycles. The fourth-order valence-corrected chi connectivity index (χ4v) is 1.72. The maximum atomic E-state index is 9.85. The molecule has 0 radical (unpaired) electrons. The summed E-state index contributed by atoms with van der Waals surface area (Å²) in [5, 5.41) is 9.85. The first kappa shape index (κ1) is 10.1. The van der Waals surface area contributed by atoms with E-state index >= 15 is 0 Å². The number of nitrogens with two attached hydrogens (primary N) is 2. The smallest absolute Gasteiger partial charge is 0.129 e. The second-order valence-corrected chi connectivity index (χ2v) is 4.51. The van der Waals surface area contributed by atoms with Crippen molar-refractivity contribution in [1.29, 1.82) is 0 Å². The molecule has 4 heteroatoms. The molecule has 1 aromatic carbocycles. The molecule has 1 aliphatic rings. The van der Waals surface area contributed by atoms with E-state index in [1.165, 1.54) is 0 Å². The molecule has 0 saturated carbocycles. The van der Waals surface area contributed by atoms with Crippen LogP contribution < -0.4 is 16.2 Å². The van der Waals surface area contributed by atoms with Gasteiger partial charge in [0, 0.05) is 12.5 Å². The molecule has 1 unspecified atom stereocenters. The van der Waals surface area contributed by atoms with Gasteiger partial charge in [0.2, 0.25) is 0 Å². The van der Waals surface area contributed by atoms with Gasteiger partial charge in [-0.3, -0.25) is 0 Å². The summed E-state index contributed by atoms with van der Waals surface area (Å²) in [6.07, 6.45) is 0.0281. The number of aliphatic hydroxyl groups excluding tert-OH is 1. The van der Waals surface area contributed by atoms with E-state index in [4.69, 9.17) is 16.2 Å². The fourth-order valence-electron chi connectivity index (χ4n) is 1.72. The topological polar surface area (TPSA) is 81.5 Å². The van der Waals surface area contributed by atoms with Gasteiger partial charge in [0.05, 0.1) is 17.5 Å². The van der Waals surface area contributed by atoms with E-state index in [-0.39, 0.29) is 0 Å². The summed E-state index contributed by atoms with van der Waals surface area (Å²) in [5.41, 5.74) is 12.8. The number of fused-ring (bicyclic) bond motifs is 1. The van der Waals surface area contributed by atoms with E-state index in [9.17, 15) is 5.11 Å². The third kappa shape index (κ3) is 1.61. The third-order valence-electron chi connectivity index (χ3n) is 2.85. The summed E-state index contributed by atoms with van der Waals surface area (Å²) in [4.78, 5) is 0. The van der Waals surface area contributed by atoms with Crippen molar-refractivity contribution < 1.29 is 9.84 Å². The molecule has 0 spiro atoms. The minimum Gasteiger partial charge on any atom is -0.485 e. The molecule has 1 atom stereocenters. The van der Waals surface area contributed by atoms with Crippen molar-refractivity contribution in [3.05, 3.63) is 17.7 Å². The lowest BCUT2D eigenvalue weighted by molar-refractivity contribution is -0.0410.